The van der Waals surface area contributed by atoms with E-state index in [-0.39, 0.29) is 6.79 Å². The van der Waals surface area contributed by atoms with E-state index in [0.29, 0.717) is 18.0 Å². The number of rotatable bonds is 7. The normalized spacial score (nSPS) is 12.4. The number of aromatic nitrogens is 2. The highest BCUT2D eigenvalue weighted by atomic mass is 16.7. The minimum absolute atomic E-state index is 0.238. The number of nitrogens with zero attached hydrogens (tertiary/aromatic N) is 2. The van der Waals surface area contributed by atoms with E-state index in [1.807, 2.05) is 18.2 Å². The first kappa shape index (κ1) is 18.4. The van der Waals surface area contributed by atoms with E-state index in [9.17, 15) is 0 Å². The summed E-state index contributed by atoms with van der Waals surface area (Å²) in [6, 6.07) is 14.4. The van der Waals surface area contributed by atoms with Gasteiger partial charge >= 0.3 is 0 Å². The van der Waals surface area contributed by atoms with Crippen molar-refractivity contribution < 1.29 is 14.2 Å². The van der Waals surface area contributed by atoms with E-state index in [0.717, 1.165) is 30.1 Å². The average Bonchev–Trinajstić information content (AvgIpc) is 3.28. The van der Waals surface area contributed by atoms with E-state index >= 15 is 0 Å². The molecule has 0 saturated carbocycles. The Morgan fingerprint density at radius 1 is 1.07 bits per heavy atom. The summed E-state index contributed by atoms with van der Waals surface area (Å²) in [5.74, 6) is 2.12. The van der Waals surface area contributed by atoms with E-state index < -0.39 is 0 Å². The van der Waals surface area contributed by atoms with Crippen LogP contribution in [0.2, 0.25) is 0 Å². The highest BCUT2D eigenvalue weighted by molar-refractivity contribution is 5.55. The van der Waals surface area contributed by atoms with Crippen LogP contribution < -0.4 is 19.5 Å². The molecule has 1 aliphatic rings. The lowest BCUT2D eigenvalue weighted by Gasteiger charge is -2.10. The van der Waals surface area contributed by atoms with E-state index in [1.54, 1.807) is 7.11 Å². The van der Waals surface area contributed by atoms with Gasteiger partial charge in [-0.25, -0.2) is 0 Å². The van der Waals surface area contributed by atoms with Crippen molar-refractivity contribution in [1.29, 1.82) is 0 Å². The first-order valence-corrected chi connectivity index (χ1v) is 9.39. The second kappa shape index (κ2) is 7.94. The first-order valence-electron chi connectivity index (χ1n) is 9.39. The summed E-state index contributed by atoms with van der Waals surface area (Å²) in [5, 5.41) is 8.24. The average molecular weight is 379 g/mol. The Kier molecular flexibility index (Phi) is 5.21. The molecule has 28 heavy (non-hydrogen) atoms. The second-order valence-electron chi connectivity index (χ2n) is 6.93. The van der Waals surface area contributed by atoms with Gasteiger partial charge in [0.2, 0.25) is 12.5 Å². The van der Waals surface area contributed by atoms with Gasteiger partial charge in [-0.3, -0.25) is 4.68 Å². The number of aryl methyl sites for hydroxylation is 1. The summed E-state index contributed by atoms with van der Waals surface area (Å²) < 4.78 is 18.4. The molecular weight excluding hydrogens is 354 g/mol. The van der Waals surface area contributed by atoms with Crippen molar-refractivity contribution in [2.75, 3.05) is 13.9 Å². The lowest BCUT2D eigenvalue weighted by atomic mass is 10.1. The number of hydrogen-bond donors (Lipinski definition) is 1. The Bertz CT molecular complexity index is 967. The van der Waals surface area contributed by atoms with Crippen molar-refractivity contribution in [3.63, 3.8) is 0 Å². The predicted octanol–water partition coefficient (Wildman–Crippen LogP) is 3.58. The number of ether oxygens (including phenoxy) is 3. The Labute approximate surface area is 165 Å². The molecule has 1 aromatic heterocycles. The van der Waals surface area contributed by atoms with Gasteiger partial charge in [-0.15, -0.1) is 0 Å². The molecule has 3 aromatic rings. The maximum absolute atomic E-state index is 5.50. The van der Waals surface area contributed by atoms with Crippen LogP contribution in [0, 0.1) is 13.8 Å². The van der Waals surface area contributed by atoms with Gasteiger partial charge in [0, 0.05) is 24.3 Å². The SMILES string of the molecule is COc1cc(CNCc2c(C)nn(Cc3ccccc3)c2C)cc2c1OCO2. The van der Waals surface area contributed by atoms with Crippen molar-refractivity contribution in [1.82, 2.24) is 15.1 Å². The lowest BCUT2D eigenvalue weighted by Crippen LogP contribution is -2.14. The fourth-order valence-electron chi connectivity index (χ4n) is 3.52. The van der Waals surface area contributed by atoms with Gasteiger partial charge in [0.25, 0.3) is 0 Å². The zero-order valence-electron chi connectivity index (χ0n) is 16.5. The van der Waals surface area contributed by atoms with Gasteiger partial charge in [-0.2, -0.15) is 5.10 Å². The number of hydrogen-bond acceptors (Lipinski definition) is 5. The predicted molar refractivity (Wildman–Crippen MR) is 107 cm³/mol. The van der Waals surface area contributed by atoms with Crippen molar-refractivity contribution in [3.05, 3.63) is 70.5 Å². The number of fused-ring (bicyclic) bond motifs is 1. The molecule has 0 unspecified atom stereocenters. The van der Waals surface area contributed by atoms with Crippen molar-refractivity contribution >= 4 is 0 Å². The van der Waals surface area contributed by atoms with Gasteiger partial charge in [0.1, 0.15) is 0 Å². The minimum Gasteiger partial charge on any atom is -0.493 e. The standard InChI is InChI=1S/C22H25N3O3/c1-15-19(16(2)25(24-15)13-17-7-5-4-6-8-17)12-23-11-18-9-20(26-3)22-21(10-18)27-14-28-22/h4-10,23H,11-14H2,1-3H3. The van der Waals surface area contributed by atoms with Crippen LogP contribution in [0.15, 0.2) is 42.5 Å². The molecule has 0 radical (unpaired) electrons. The van der Waals surface area contributed by atoms with Gasteiger partial charge in [-0.1, -0.05) is 30.3 Å². The summed E-state index contributed by atoms with van der Waals surface area (Å²) >= 11 is 0. The van der Waals surface area contributed by atoms with E-state index in [2.05, 4.69) is 48.1 Å². The molecule has 0 saturated heterocycles. The molecular formula is C22H25N3O3. The smallest absolute Gasteiger partial charge is 0.231 e. The molecule has 0 aliphatic carbocycles. The van der Waals surface area contributed by atoms with Gasteiger partial charge in [-0.05, 0) is 37.1 Å². The van der Waals surface area contributed by atoms with E-state index in [4.69, 9.17) is 19.3 Å². The molecule has 0 bridgehead atoms. The molecule has 0 amide bonds. The third-order valence-electron chi connectivity index (χ3n) is 5.06. The summed E-state index contributed by atoms with van der Waals surface area (Å²) in [7, 11) is 1.64. The molecule has 0 atom stereocenters. The van der Waals surface area contributed by atoms with Gasteiger partial charge < -0.3 is 19.5 Å². The summed E-state index contributed by atoms with van der Waals surface area (Å²) in [5.41, 5.74) is 5.83. The molecule has 4 rings (SSSR count). The molecule has 146 valence electrons. The quantitative estimate of drug-likeness (QED) is 0.680. The van der Waals surface area contributed by atoms with Gasteiger partial charge in [0.05, 0.1) is 19.3 Å². The van der Waals surface area contributed by atoms with Crippen LogP contribution in [0.3, 0.4) is 0 Å². The summed E-state index contributed by atoms with van der Waals surface area (Å²) in [6.45, 7) is 6.67. The Morgan fingerprint density at radius 3 is 2.68 bits per heavy atom. The number of methoxy groups -OCH3 is 1. The molecule has 1 aliphatic heterocycles. The molecule has 2 heterocycles. The highest BCUT2D eigenvalue weighted by Gasteiger charge is 2.20. The van der Waals surface area contributed by atoms with Crippen molar-refractivity contribution in [2.45, 2.75) is 33.5 Å². The monoisotopic (exact) mass is 379 g/mol. The molecule has 2 aromatic carbocycles. The summed E-state index contributed by atoms with van der Waals surface area (Å²) in [4.78, 5) is 0. The van der Waals surface area contributed by atoms with Crippen LogP contribution >= 0.6 is 0 Å². The molecule has 0 fully saturated rings. The molecule has 0 spiro atoms. The maximum Gasteiger partial charge on any atom is 0.231 e. The lowest BCUT2D eigenvalue weighted by molar-refractivity contribution is 0.171. The van der Waals surface area contributed by atoms with E-state index in [1.165, 1.54) is 16.8 Å². The molecule has 1 N–H and O–H groups in total. The van der Waals surface area contributed by atoms with Crippen LogP contribution in [0.4, 0.5) is 0 Å². The van der Waals surface area contributed by atoms with Crippen LogP contribution in [0.5, 0.6) is 17.2 Å². The minimum atomic E-state index is 0.238. The third kappa shape index (κ3) is 3.68. The Balaban J connectivity index is 1.43. The number of benzene rings is 2. The molecule has 6 nitrogen and oxygen atoms in total. The van der Waals surface area contributed by atoms with Crippen molar-refractivity contribution in [2.24, 2.45) is 0 Å². The maximum atomic E-state index is 5.50. The largest absolute Gasteiger partial charge is 0.493 e. The fourth-order valence-corrected chi connectivity index (χ4v) is 3.52. The number of nitrogens with one attached hydrogen (secondary N) is 1. The Morgan fingerprint density at radius 2 is 1.89 bits per heavy atom. The zero-order valence-corrected chi connectivity index (χ0v) is 16.5. The topological polar surface area (TPSA) is 57.5 Å². The van der Waals surface area contributed by atoms with Gasteiger partial charge in [0.15, 0.2) is 11.5 Å². The van der Waals surface area contributed by atoms with Crippen LogP contribution in [0.1, 0.15) is 28.1 Å². The van der Waals surface area contributed by atoms with Crippen molar-refractivity contribution in [3.8, 4) is 17.2 Å². The molecule has 6 heteroatoms. The first-order chi connectivity index (χ1) is 13.7. The summed E-state index contributed by atoms with van der Waals surface area (Å²) in [6.07, 6.45) is 0. The van der Waals surface area contributed by atoms with Crippen LogP contribution in [-0.2, 0) is 19.6 Å². The third-order valence-corrected chi connectivity index (χ3v) is 5.06. The fraction of sp³-hybridized carbons (Fsp3) is 0.318. The van der Waals surface area contributed by atoms with Crippen LogP contribution in [-0.4, -0.2) is 23.7 Å². The highest BCUT2D eigenvalue weighted by Crippen LogP contribution is 2.41. The Hall–Kier alpha value is -2.99. The second-order valence-corrected chi connectivity index (χ2v) is 6.93. The van der Waals surface area contributed by atoms with Crippen LogP contribution in [0.25, 0.3) is 0 Å². The zero-order chi connectivity index (χ0) is 19.5.